The monoisotopic (exact) mass is 629 g/mol. The van der Waals surface area contributed by atoms with Crippen LogP contribution < -0.4 is 9.47 Å². The third-order valence-corrected chi connectivity index (χ3v) is 4.81. The number of benzene rings is 3. The van der Waals surface area contributed by atoms with E-state index in [1.165, 1.54) is 0 Å². The van der Waals surface area contributed by atoms with Crippen LogP contribution in [0.3, 0.4) is 0 Å². The zero-order valence-corrected chi connectivity index (χ0v) is 21.4. The fourth-order valence-electron chi connectivity index (χ4n) is 3.31. The van der Waals surface area contributed by atoms with Crippen LogP contribution in [0.1, 0.15) is 13.8 Å². The first-order valence-corrected chi connectivity index (χ1v) is 10.5. The minimum absolute atomic E-state index is 0. The average Bonchev–Trinajstić information content (AvgIpc) is 2.89. The predicted molar refractivity (Wildman–Crippen MR) is 135 cm³/mol. The SMILES string of the molecule is CC#CC#COc1ccc(-c2cc[c-]c(-c3nccc4ccccc34)c2)cc1OC#CC#CC.[Ir]. The third-order valence-electron chi connectivity index (χ3n) is 4.81. The Kier molecular flexibility index (Phi) is 9.14. The Balaban J connectivity index is 0.00000342. The molecule has 1 heterocycles. The first-order chi connectivity index (χ1) is 16.8. The van der Waals surface area contributed by atoms with Crippen molar-refractivity contribution in [3.8, 4) is 81.6 Å². The maximum atomic E-state index is 5.62. The van der Waals surface area contributed by atoms with Crippen molar-refractivity contribution in [3.63, 3.8) is 0 Å². The first-order valence-electron chi connectivity index (χ1n) is 10.5. The van der Waals surface area contributed by atoms with Gasteiger partial charge in [0, 0.05) is 38.1 Å². The molecule has 0 N–H and O–H groups in total. The zero-order valence-electron chi connectivity index (χ0n) is 19.0. The van der Waals surface area contributed by atoms with Gasteiger partial charge in [-0.25, -0.2) is 0 Å². The third kappa shape index (κ3) is 6.33. The number of pyridine rings is 1. The molecule has 3 nitrogen and oxygen atoms in total. The van der Waals surface area contributed by atoms with Crippen molar-refractivity contribution in [1.29, 1.82) is 0 Å². The minimum atomic E-state index is 0. The summed E-state index contributed by atoms with van der Waals surface area (Å²) in [6, 6.07) is 25.0. The van der Waals surface area contributed by atoms with E-state index < -0.39 is 0 Å². The fraction of sp³-hybridized carbons (Fsp3) is 0.0645. The normalized spacial score (nSPS) is 8.86. The van der Waals surface area contributed by atoms with Gasteiger partial charge in [-0.05, 0) is 65.9 Å². The van der Waals surface area contributed by atoms with E-state index in [4.69, 9.17) is 9.47 Å². The molecule has 0 amide bonds. The van der Waals surface area contributed by atoms with Crippen LogP contribution in [0.4, 0.5) is 0 Å². The van der Waals surface area contributed by atoms with Gasteiger partial charge in [0.15, 0.2) is 11.5 Å². The molecule has 0 aliphatic carbocycles. The summed E-state index contributed by atoms with van der Waals surface area (Å²) >= 11 is 0. The molecule has 4 aromatic rings. The molecule has 0 saturated heterocycles. The molecule has 0 unspecified atom stereocenters. The Labute approximate surface area is 219 Å². The topological polar surface area (TPSA) is 31.4 Å². The minimum Gasteiger partial charge on any atom is -0.403 e. The van der Waals surface area contributed by atoms with Crippen molar-refractivity contribution in [2.45, 2.75) is 13.8 Å². The van der Waals surface area contributed by atoms with Gasteiger partial charge in [-0.3, -0.25) is 0 Å². The van der Waals surface area contributed by atoms with E-state index in [0.717, 1.165) is 33.2 Å². The molecule has 4 heteroatoms. The summed E-state index contributed by atoms with van der Waals surface area (Å²) in [4.78, 5) is 4.62. The van der Waals surface area contributed by atoms with E-state index in [1.54, 1.807) is 19.9 Å². The predicted octanol–water partition coefficient (Wildman–Crippen LogP) is 6.09. The summed E-state index contributed by atoms with van der Waals surface area (Å²) in [7, 11) is 0. The molecule has 0 saturated carbocycles. The van der Waals surface area contributed by atoms with E-state index in [9.17, 15) is 0 Å². The summed E-state index contributed by atoms with van der Waals surface area (Å²) in [6.45, 7) is 3.42. The van der Waals surface area contributed by atoms with Crippen LogP contribution in [0.25, 0.3) is 33.2 Å². The Morgan fingerprint density at radius 1 is 0.743 bits per heavy atom. The number of nitrogens with zero attached hydrogens (tertiary/aromatic N) is 1. The Morgan fingerprint density at radius 2 is 1.46 bits per heavy atom. The Hall–Kier alpha value is -4.44. The van der Waals surface area contributed by atoms with Crippen molar-refractivity contribution < 1.29 is 29.6 Å². The summed E-state index contributed by atoms with van der Waals surface area (Å²) in [5.74, 6) is 16.8. The molecule has 0 atom stereocenters. The molecule has 1 radical (unpaired) electrons. The van der Waals surface area contributed by atoms with Crippen LogP contribution in [-0.2, 0) is 20.1 Å². The van der Waals surface area contributed by atoms with Gasteiger partial charge in [-0.15, -0.1) is 35.4 Å². The number of fused-ring (bicyclic) bond motifs is 1. The molecule has 0 spiro atoms. The largest absolute Gasteiger partial charge is 0.403 e. The molecule has 0 aliphatic heterocycles. The summed E-state index contributed by atoms with van der Waals surface area (Å²) in [5.41, 5.74) is 3.68. The van der Waals surface area contributed by atoms with E-state index in [1.807, 2.05) is 48.7 Å². The molecule has 4 rings (SSSR count). The van der Waals surface area contributed by atoms with Crippen molar-refractivity contribution in [2.75, 3.05) is 0 Å². The number of ether oxygens (including phenoxy) is 2. The first kappa shape index (κ1) is 25.2. The molecular weight excluding hydrogens is 611 g/mol. The smallest absolute Gasteiger partial charge is 0.184 e. The van der Waals surface area contributed by atoms with Gasteiger partial charge in [0.05, 0.1) is 0 Å². The van der Waals surface area contributed by atoms with Gasteiger partial charge >= 0.3 is 0 Å². The molecule has 35 heavy (non-hydrogen) atoms. The van der Waals surface area contributed by atoms with Crippen molar-refractivity contribution in [2.24, 2.45) is 0 Å². The van der Waals surface area contributed by atoms with Crippen LogP contribution in [0.15, 0.2) is 72.9 Å². The molecular formula is C31H18IrNO2-. The second-order valence-corrected chi connectivity index (χ2v) is 6.94. The number of hydrogen-bond acceptors (Lipinski definition) is 3. The van der Waals surface area contributed by atoms with Crippen LogP contribution >= 0.6 is 0 Å². The quantitative estimate of drug-likeness (QED) is 0.203. The summed E-state index contributed by atoms with van der Waals surface area (Å²) < 4.78 is 11.1. The maximum absolute atomic E-state index is 5.62. The molecule has 0 fully saturated rings. The van der Waals surface area contributed by atoms with E-state index in [2.05, 4.69) is 77.0 Å². The average molecular weight is 629 g/mol. The van der Waals surface area contributed by atoms with Crippen molar-refractivity contribution >= 4 is 10.8 Å². The van der Waals surface area contributed by atoms with Crippen molar-refractivity contribution in [1.82, 2.24) is 4.98 Å². The Bertz CT molecular complexity index is 1600. The van der Waals surface area contributed by atoms with Crippen molar-refractivity contribution in [3.05, 3.63) is 79.0 Å². The van der Waals surface area contributed by atoms with Crippen LogP contribution in [0, 0.1) is 53.8 Å². The molecule has 169 valence electrons. The van der Waals surface area contributed by atoms with Crippen LogP contribution in [0.2, 0.25) is 0 Å². The van der Waals surface area contributed by atoms with Gasteiger partial charge in [0.25, 0.3) is 0 Å². The maximum Gasteiger partial charge on any atom is 0.184 e. The number of aromatic nitrogens is 1. The van der Waals surface area contributed by atoms with Crippen LogP contribution in [-0.4, -0.2) is 4.98 Å². The Morgan fingerprint density at radius 3 is 2.23 bits per heavy atom. The second kappa shape index (κ2) is 12.7. The van der Waals surface area contributed by atoms with Crippen LogP contribution in [0.5, 0.6) is 11.5 Å². The van der Waals surface area contributed by atoms with E-state index in [-0.39, 0.29) is 20.1 Å². The van der Waals surface area contributed by atoms with E-state index in [0.29, 0.717) is 11.5 Å². The fourth-order valence-corrected chi connectivity index (χ4v) is 3.31. The van der Waals surface area contributed by atoms with Gasteiger partial charge in [-0.2, -0.15) is 0 Å². The van der Waals surface area contributed by atoms with Gasteiger partial charge in [0.2, 0.25) is 0 Å². The van der Waals surface area contributed by atoms with Gasteiger partial charge in [-0.1, -0.05) is 42.2 Å². The standard InChI is InChI=1S/C31H18NO2.Ir/c1-3-5-9-20-33-29-17-16-26(23-30(29)34-21-10-6-4-2)25-13-11-14-27(22-25)31-28-15-8-7-12-24(28)18-19-32-31;/h7-8,11-13,15-19,22-23H,1-2H3;/q-1;. The zero-order chi connectivity index (χ0) is 23.6. The second-order valence-electron chi connectivity index (χ2n) is 6.94. The van der Waals surface area contributed by atoms with Gasteiger partial charge < -0.3 is 14.5 Å². The number of hydrogen-bond donors (Lipinski definition) is 0. The summed E-state index contributed by atoms with van der Waals surface area (Å²) in [5, 5.41) is 2.21. The molecule has 0 bridgehead atoms. The summed E-state index contributed by atoms with van der Waals surface area (Å²) in [6.07, 6.45) is 6.96. The van der Waals surface area contributed by atoms with Gasteiger partial charge in [0.1, 0.15) is 12.2 Å². The molecule has 3 aromatic carbocycles. The molecule has 0 aliphatic rings. The molecule has 1 aromatic heterocycles. The van der Waals surface area contributed by atoms with E-state index >= 15 is 0 Å². The number of rotatable bonds is 4.